The Morgan fingerprint density at radius 3 is 2.71 bits per heavy atom. The van der Waals surface area contributed by atoms with Gasteiger partial charge in [-0.3, -0.25) is 0 Å². The Labute approximate surface area is 103 Å². The normalized spacial score (nSPS) is 29.0. The van der Waals surface area contributed by atoms with E-state index in [2.05, 4.69) is 0 Å². The highest BCUT2D eigenvalue weighted by Crippen LogP contribution is 2.36. The molecule has 17 heavy (non-hydrogen) atoms. The molecule has 1 aromatic rings. The number of nitrogens with two attached hydrogens (primary N) is 1. The van der Waals surface area contributed by atoms with Gasteiger partial charge in [-0.2, -0.15) is 0 Å². The number of rotatable bonds is 3. The van der Waals surface area contributed by atoms with Crippen molar-refractivity contribution in [2.75, 3.05) is 6.61 Å². The average Bonchev–Trinajstić information content (AvgIpc) is 2.30. The second-order valence-corrected chi connectivity index (χ2v) is 4.85. The summed E-state index contributed by atoms with van der Waals surface area (Å²) < 4.78 is 5.40. The molecule has 0 aromatic heterocycles. The molecule has 0 saturated heterocycles. The molecule has 1 aliphatic carbocycles. The Bertz CT molecular complexity index is 363. The van der Waals surface area contributed by atoms with Gasteiger partial charge < -0.3 is 15.6 Å². The fraction of sp³-hybridized carbons (Fsp3) is 0.571. The standard InChI is InChI=1S/C14H21NO2/c1-2-17-13-7-5-11(6-8-13)14(16)9-3-4-12(15)10-14/h5-8,12,16H,2-4,9-10,15H2,1H3. The molecule has 0 spiro atoms. The molecule has 94 valence electrons. The molecule has 0 heterocycles. The van der Waals surface area contributed by atoms with Crippen molar-refractivity contribution in [2.45, 2.75) is 44.2 Å². The van der Waals surface area contributed by atoms with Crippen LogP contribution in [0.15, 0.2) is 24.3 Å². The minimum atomic E-state index is -0.748. The van der Waals surface area contributed by atoms with Crippen molar-refractivity contribution < 1.29 is 9.84 Å². The molecule has 3 nitrogen and oxygen atoms in total. The third-order valence-corrected chi connectivity index (χ3v) is 3.47. The molecule has 3 N–H and O–H groups in total. The molecular formula is C14H21NO2. The Balaban J connectivity index is 2.15. The maximum Gasteiger partial charge on any atom is 0.119 e. The van der Waals surface area contributed by atoms with Gasteiger partial charge in [0.05, 0.1) is 12.2 Å². The first kappa shape index (κ1) is 12.4. The van der Waals surface area contributed by atoms with Crippen LogP contribution in [0.4, 0.5) is 0 Å². The lowest BCUT2D eigenvalue weighted by Gasteiger charge is -2.35. The fourth-order valence-electron chi connectivity index (χ4n) is 2.58. The van der Waals surface area contributed by atoms with Crippen molar-refractivity contribution in [2.24, 2.45) is 5.73 Å². The number of hydrogen-bond acceptors (Lipinski definition) is 3. The van der Waals surface area contributed by atoms with E-state index in [9.17, 15) is 5.11 Å². The molecule has 0 amide bonds. The second-order valence-electron chi connectivity index (χ2n) is 4.85. The van der Waals surface area contributed by atoms with E-state index in [4.69, 9.17) is 10.5 Å². The summed E-state index contributed by atoms with van der Waals surface area (Å²) in [6.07, 6.45) is 3.46. The third-order valence-electron chi connectivity index (χ3n) is 3.47. The van der Waals surface area contributed by atoms with Crippen LogP contribution in [0, 0.1) is 0 Å². The quantitative estimate of drug-likeness (QED) is 0.844. The van der Waals surface area contributed by atoms with E-state index in [1.54, 1.807) is 0 Å². The van der Waals surface area contributed by atoms with E-state index < -0.39 is 5.60 Å². The van der Waals surface area contributed by atoms with Crippen LogP contribution in [0.1, 0.15) is 38.2 Å². The minimum absolute atomic E-state index is 0.111. The van der Waals surface area contributed by atoms with E-state index in [0.717, 1.165) is 30.6 Å². The van der Waals surface area contributed by atoms with Gasteiger partial charge in [0.25, 0.3) is 0 Å². The molecule has 1 fully saturated rings. The van der Waals surface area contributed by atoms with Crippen LogP contribution in [-0.4, -0.2) is 17.8 Å². The van der Waals surface area contributed by atoms with Gasteiger partial charge in [0, 0.05) is 6.04 Å². The molecule has 3 heteroatoms. The van der Waals surface area contributed by atoms with E-state index >= 15 is 0 Å². The maximum atomic E-state index is 10.6. The first-order valence-electron chi connectivity index (χ1n) is 6.35. The average molecular weight is 235 g/mol. The lowest BCUT2D eigenvalue weighted by Crippen LogP contribution is -2.39. The highest BCUT2D eigenvalue weighted by atomic mass is 16.5. The molecule has 0 aliphatic heterocycles. The van der Waals surface area contributed by atoms with E-state index in [1.807, 2.05) is 31.2 Å². The van der Waals surface area contributed by atoms with Gasteiger partial charge in [-0.15, -0.1) is 0 Å². The maximum absolute atomic E-state index is 10.6. The summed E-state index contributed by atoms with van der Waals surface area (Å²) in [5.74, 6) is 0.847. The van der Waals surface area contributed by atoms with Gasteiger partial charge in [0.15, 0.2) is 0 Å². The summed E-state index contributed by atoms with van der Waals surface area (Å²) in [4.78, 5) is 0. The van der Waals surface area contributed by atoms with Crippen LogP contribution in [0.3, 0.4) is 0 Å². The molecule has 2 atom stereocenters. The first-order chi connectivity index (χ1) is 8.14. The van der Waals surface area contributed by atoms with Crippen molar-refractivity contribution in [3.05, 3.63) is 29.8 Å². The summed E-state index contributed by atoms with van der Waals surface area (Å²) in [5, 5.41) is 10.6. The number of benzene rings is 1. The van der Waals surface area contributed by atoms with Crippen LogP contribution in [-0.2, 0) is 5.60 Å². The lowest BCUT2D eigenvalue weighted by molar-refractivity contribution is -0.00719. The van der Waals surface area contributed by atoms with Gasteiger partial charge in [-0.05, 0) is 50.3 Å². The highest BCUT2D eigenvalue weighted by Gasteiger charge is 2.34. The zero-order valence-electron chi connectivity index (χ0n) is 10.4. The number of aliphatic hydroxyl groups is 1. The second kappa shape index (κ2) is 5.07. The van der Waals surface area contributed by atoms with E-state index in [-0.39, 0.29) is 6.04 Å². The third kappa shape index (κ3) is 2.79. The van der Waals surface area contributed by atoms with Gasteiger partial charge in [-0.1, -0.05) is 12.1 Å². The molecule has 0 bridgehead atoms. The van der Waals surface area contributed by atoms with Crippen LogP contribution in [0.2, 0.25) is 0 Å². The van der Waals surface area contributed by atoms with Gasteiger partial charge >= 0.3 is 0 Å². The molecule has 1 saturated carbocycles. The zero-order valence-corrected chi connectivity index (χ0v) is 10.4. The van der Waals surface area contributed by atoms with Crippen LogP contribution < -0.4 is 10.5 Å². The Morgan fingerprint density at radius 1 is 1.41 bits per heavy atom. The Kier molecular flexibility index (Phi) is 3.69. The van der Waals surface area contributed by atoms with Crippen molar-refractivity contribution in [1.29, 1.82) is 0 Å². The monoisotopic (exact) mass is 235 g/mol. The molecular weight excluding hydrogens is 214 g/mol. The molecule has 1 aromatic carbocycles. The molecule has 2 rings (SSSR count). The van der Waals surface area contributed by atoms with Crippen LogP contribution in [0.25, 0.3) is 0 Å². The van der Waals surface area contributed by atoms with Crippen molar-refractivity contribution >= 4 is 0 Å². The van der Waals surface area contributed by atoms with Crippen LogP contribution in [0.5, 0.6) is 5.75 Å². The van der Waals surface area contributed by atoms with Gasteiger partial charge in [-0.25, -0.2) is 0 Å². The van der Waals surface area contributed by atoms with Crippen molar-refractivity contribution in [3.8, 4) is 5.75 Å². The number of ether oxygens (including phenoxy) is 1. The number of hydrogen-bond donors (Lipinski definition) is 2. The zero-order chi connectivity index (χ0) is 12.3. The fourth-order valence-corrected chi connectivity index (χ4v) is 2.58. The van der Waals surface area contributed by atoms with E-state index in [0.29, 0.717) is 13.0 Å². The summed E-state index contributed by atoms with van der Waals surface area (Å²) in [6.45, 7) is 2.62. The van der Waals surface area contributed by atoms with Crippen LogP contribution >= 0.6 is 0 Å². The summed E-state index contributed by atoms with van der Waals surface area (Å²) in [7, 11) is 0. The van der Waals surface area contributed by atoms with Gasteiger partial charge in [0.1, 0.15) is 5.75 Å². The molecule has 2 unspecified atom stereocenters. The summed E-state index contributed by atoms with van der Waals surface area (Å²) in [5.41, 5.74) is 6.15. The largest absolute Gasteiger partial charge is 0.494 e. The molecule has 0 radical (unpaired) electrons. The topological polar surface area (TPSA) is 55.5 Å². The summed E-state index contributed by atoms with van der Waals surface area (Å²) >= 11 is 0. The van der Waals surface area contributed by atoms with Crippen molar-refractivity contribution in [3.63, 3.8) is 0 Å². The predicted octanol–water partition coefficient (Wildman–Crippen LogP) is 2.17. The smallest absolute Gasteiger partial charge is 0.119 e. The summed E-state index contributed by atoms with van der Waals surface area (Å²) in [6, 6.07) is 7.83. The van der Waals surface area contributed by atoms with E-state index in [1.165, 1.54) is 0 Å². The molecule has 1 aliphatic rings. The Hall–Kier alpha value is -1.06. The van der Waals surface area contributed by atoms with Gasteiger partial charge in [0.2, 0.25) is 0 Å². The first-order valence-corrected chi connectivity index (χ1v) is 6.35. The minimum Gasteiger partial charge on any atom is -0.494 e. The lowest BCUT2D eigenvalue weighted by atomic mass is 9.77. The Morgan fingerprint density at radius 2 is 2.12 bits per heavy atom. The SMILES string of the molecule is CCOc1ccc(C2(O)CCCC(N)C2)cc1. The van der Waals surface area contributed by atoms with Crippen molar-refractivity contribution in [1.82, 2.24) is 0 Å². The highest BCUT2D eigenvalue weighted by molar-refractivity contribution is 5.31. The predicted molar refractivity (Wildman–Crippen MR) is 68.0 cm³/mol.